The molecule has 104 valence electrons. The van der Waals surface area contributed by atoms with Crippen molar-refractivity contribution in [3.63, 3.8) is 0 Å². The van der Waals surface area contributed by atoms with Crippen molar-refractivity contribution in [2.75, 3.05) is 11.9 Å². The summed E-state index contributed by atoms with van der Waals surface area (Å²) in [6.07, 6.45) is 0.762. The molecule has 2 aromatic rings. The molecule has 0 aliphatic heterocycles. The summed E-state index contributed by atoms with van der Waals surface area (Å²) < 4.78 is 13.3. The van der Waals surface area contributed by atoms with Crippen LogP contribution in [0.5, 0.6) is 0 Å². The highest BCUT2D eigenvalue weighted by atomic mass is 79.9. The summed E-state index contributed by atoms with van der Waals surface area (Å²) in [5, 5.41) is 12.1. The number of rotatable bonds is 5. The summed E-state index contributed by atoms with van der Waals surface area (Å²) in [5.74, 6) is -1.20. The molecule has 0 heterocycles. The topological polar surface area (TPSA) is 49.3 Å². The van der Waals surface area contributed by atoms with Crippen LogP contribution >= 0.6 is 15.9 Å². The van der Waals surface area contributed by atoms with E-state index in [1.165, 1.54) is 12.1 Å². The van der Waals surface area contributed by atoms with E-state index < -0.39 is 5.97 Å². The summed E-state index contributed by atoms with van der Waals surface area (Å²) in [7, 11) is 0. The molecule has 0 saturated carbocycles. The van der Waals surface area contributed by atoms with Gasteiger partial charge in [0.05, 0.1) is 5.56 Å². The van der Waals surface area contributed by atoms with Gasteiger partial charge in [-0.15, -0.1) is 0 Å². The number of carbonyl (C=O) groups is 1. The predicted octanol–water partition coefficient (Wildman–Crippen LogP) is 3.94. The Morgan fingerprint density at radius 3 is 2.50 bits per heavy atom. The Kier molecular flexibility index (Phi) is 4.74. The second-order valence-electron chi connectivity index (χ2n) is 4.30. The standard InChI is InChI=1S/C15H13BrFNO2/c16-14-9-12(5-6-13(14)15(19)20)18-8-7-10-1-3-11(17)4-2-10/h1-6,9,18H,7-8H2,(H,19,20). The van der Waals surface area contributed by atoms with Crippen LogP contribution in [-0.4, -0.2) is 17.6 Å². The van der Waals surface area contributed by atoms with Crippen LogP contribution in [-0.2, 0) is 6.42 Å². The minimum absolute atomic E-state index is 0.231. The maximum absolute atomic E-state index is 12.8. The van der Waals surface area contributed by atoms with Crippen molar-refractivity contribution in [2.45, 2.75) is 6.42 Å². The van der Waals surface area contributed by atoms with E-state index in [4.69, 9.17) is 5.11 Å². The number of hydrogen-bond acceptors (Lipinski definition) is 2. The molecule has 2 N–H and O–H groups in total. The molecule has 3 nitrogen and oxygen atoms in total. The Labute approximate surface area is 124 Å². The van der Waals surface area contributed by atoms with E-state index in [1.54, 1.807) is 30.3 Å². The first-order valence-electron chi connectivity index (χ1n) is 6.07. The SMILES string of the molecule is O=C(O)c1ccc(NCCc2ccc(F)cc2)cc1Br. The number of carboxylic acid groups (broad SMARTS) is 1. The number of halogens is 2. The average molecular weight is 338 g/mol. The quantitative estimate of drug-likeness (QED) is 0.868. The van der Waals surface area contributed by atoms with Crippen LogP contribution in [0.4, 0.5) is 10.1 Å². The van der Waals surface area contributed by atoms with Gasteiger partial charge >= 0.3 is 5.97 Å². The zero-order valence-electron chi connectivity index (χ0n) is 10.6. The van der Waals surface area contributed by atoms with Crippen molar-refractivity contribution in [1.29, 1.82) is 0 Å². The van der Waals surface area contributed by atoms with E-state index in [0.29, 0.717) is 11.0 Å². The average Bonchev–Trinajstić information content (AvgIpc) is 2.41. The fraction of sp³-hybridized carbons (Fsp3) is 0.133. The minimum Gasteiger partial charge on any atom is -0.478 e. The molecule has 0 amide bonds. The van der Waals surface area contributed by atoms with E-state index in [9.17, 15) is 9.18 Å². The van der Waals surface area contributed by atoms with Crippen molar-refractivity contribution in [3.05, 3.63) is 63.9 Å². The third-order valence-electron chi connectivity index (χ3n) is 2.86. The molecule has 0 fully saturated rings. The smallest absolute Gasteiger partial charge is 0.336 e. The monoisotopic (exact) mass is 337 g/mol. The van der Waals surface area contributed by atoms with Crippen LogP contribution in [0.15, 0.2) is 46.9 Å². The molecule has 0 aliphatic rings. The molecule has 2 aromatic carbocycles. The molecule has 5 heteroatoms. The molecular weight excluding hydrogens is 325 g/mol. The first kappa shape index (κ1) is 14.5. The highest BCUT2D eigenvalue weighted by Gasteiger charge is 2.08. The van der Waals surface area contributed by atoms with Crippen LogP contribution in [0.3, 0.4) is 0 Å². The highest BCUT2D eigenvalue weighted by molar-refractivity contribution is 9.10. The Morgan fingerprint density at radius 1 is 1.20 bits per heavy atom. The van der Waals surface area contributed by atoms with E-state index in [-0.39, 0.29) is 11.4 Å². The van der Waals surface area contributed by atoms with Gasteiger partial charge in [-0.3, -0.25) is 0 Å². The van der Waals surface area contributed by atoms with Gasteiger partial charge in [-0.2, -0.15) is 0 Å². The van der Waals surface area contributed by atoms with Crippen molar-refractivity contribution >= 4 is 27.6 Å². The Morgan fingerprint density at radius 2 is 1.90 bits per heavy atom. The molecule has 20 heavy (non-hydrogen) atoms. The number of nitrogens with one attached hydrogen (secondary N) is 1. The van der Waals surface area contributed by atoms with Gasteiger partial charge in [0, 0.05) is 16.7 Å². The lowest BCUT2D eigenvalue weighted by Gasteiger charge is -2.08. The number of hydrogen-bond donors (Lipinski definition) is 2. The third-order valence-corrected chi connectivity index (χ3v) is 3.51. The fourth-order valence-electron chi connectivity index (χ4n) is 1.80. The second-order valence-corrected chi connectivity index (χ2v) is 5.16. The lowest BCUT2D eigenvalue weighted by atomic mass is 10.1. The van der Waals surface area contributed by atoms with Gasteiger partial charge in [0.15, 0.2) is 0 Å². The predicted molar refractivity (Wildman–Crippen MR) is 79.7 cm³/mol. The van der Waals surface area contributed by atoms with Crippen LogP contribution in [0, 0.1) is 5.82 Å². The van der Waals surface area contributed by atoms with Gasteiger partial charge < -0.3 is 10.4 Å². The van der Waals surface area contributed by atoms with Gasteiger partial charge in [-0.05, 0) is 58.2 Å². The van der Waals surface area contributed by atoms with Gasteiger partial charge in [0.1, 0.15) is 5.82 Å². The van der Waals surface area contributed by atoms with Gasteiger partial charge in [0.2, 0.25) is 0 Å². The summed E-state index contributed by atoms with van der Waals surface area (Å²) >= 11 is 3.23. The van der Waals surface area contributed by atoms with Crippen molar-refractivity contribution in [1.82, 2.24) is 0 Å². The number of anilines is 1. The number of aromatic carboxylic acids is 1. The number of carboxylic acids is 1. The van der Waals surface area contributed by atoms with E-state index in [0.717, 1.165) is 17.7 Å². The summed E-state index contributed by atoms with van der Waals surface area (Å²) in [6.45, 7) is 0.685. The normalized spacial score (nSPS) is 10.3. The molecule has 0 spiro atoms. The summed E-state index contributed by atoms with van der Waals surface area (Å²) in [4.78, 5) is 10.9. The fourth-order valence-corrected chi connectivity index (χ4v) is 2.35. The molecule has 0 aliphatic carbocycles. The first-order valence-corrected chi connectivity index (χ1v) is 6.87. The van der Waals surface area contributed by atoms with Crippen molar-refractivity contribution < 1.29 is 14.3 Å². The summed E-state index contributed by atoms with van der Waals surface area (Å²) in [5.41, 5.74) is 2.11. The molecule has 2 rings (SSSR count). The molecule has 0 saturated heterocycles. The van der Waals surface area contributed by atoms with Gasteiger partial charge in [-0.25, -0.2) is 9.18 Å². The first-order chi connectivity index (χ1) is 9.56. The molecular formula is C15H13BrFNO2. The minimum atomic E-state index is -0.963. The zero-order chi connectivity index (χ0) is 14.5. The summed E-state index contributed by atoms with van der Waals surface area (Å²) in [6, 6.07) is 11.4. The largest absolute Gasteiger partial charge is 0.478 e. The maximum Gasteiger partial charge on any atom is 0.336 e. The lowest BCUT2D eigenvalue weighted by molar-refractivity contribution is 0.0696. The van der Waals surface area contributed by atoms with Crippen LogP contribution in [0.2, 0.25) is 0 Å². The number of benzene rings is 2. The van der Waals surface area contributed by atoms with E-state index >= 15 is 0 Å². The van der Waals surface area contributed by atoms with E-state index in [1.807, 2.05) is 0 Å². The molecule has 0 atom stereocenters. The van der Waals surface area contributed by atoms with Crippen LogP contribution in [0.25, 0.3) is 0 Å². The van der Waals surface area contributed by atoms with Crippen LogP contribution < -0.4 is 5.32 Å². The maximum atomic E-state index is 12.8. The van der Waals surface area contributed by atoms with Crippen molar-refractivity contribution in [3.8, 4) is 0 Å². The van der Waals surface area contributed by atoms with Crippen LogP contribution in [0.1, 0.15) is 15.9 Å². The highest BCUT2D eigenvalue weighted by Crippen LogP contribution is 2.21. The lowest BCUT2D eigenvalue weighted by Crippen LogP contribution is -2.06. The Bertz CT molecular complexity index is 614. The van der Waals surface area contributed by atoms with E-state index in [2.05, 4.69) is 21.2 Å². The molecule has 0 aromatic heterocycles. The molecule has 0 bridgehead atoms. The zero-order valence-corrected chi connectivity index (χ0v) is 12.2. The second kappa shape index (κ2) is 6.52. The molecule has 0 unspecified atom stereocenters. The Balaban J connectivity index is 1.92. The Hall–Kier alpha value is -1.88. The molecule has 0 radical (unpaired) electrons. The third kappa shape index (κ3) is 3.81. The van der Waals surface area contributed by atoms with Crippen molar-refractivity contribution in [2.24, 2.45) is 0 Å². The van der Waals surface area contributed by atoms with Gasteiger partial charge in [0.25, 0.3) is 0 Å². The van der Waals surface area contributed by atoms with Gasteiger partial charge in [-0.1, -0.05) is 12.1 Å².